The van der Waals surface area contributed by atoms with E-state index in [1.807, 2.05) is 37.3 Å². The number of carbonyl (C=O) groups is 3. The van der Waals surface area contributed by atoms with E-state index in [-0.39, 0.29) is 13.0 Å². The van der Waals surface area contributed by atoms with E-state index in [1.54, 1.807) is 20.8 Å². The number of amides is 2. The number of hydrogen-bond donors (Lipinski definition) is 3. The van der Waals surface area contributed by atoms with Gasteiger partial charge in [-0.15, -0.1) is 0 Å². The monoisotopic (exact) mass is 420 g/mol. The van der Waals surface area contributed by atoms with Crippen molar-refractivity contribution in [2.75, 3.05) is 0 Å². The minimum atomic E-state index is -0.953. The van der Waals surface area contributed by atoms with Crippen LogP contribution in [0.1, 0.15) is 58.9 Å². The Labute approximate surface area is 177 Å². The van der Waals surface area contributed by atoms with Gasteiger partial charge in [-0.2, -0.15) is 0 Å². The molecule has 0 saturated heterocycles. The first-order valence-electron chi connectivity index (χ1n) is 10.2. The molecule has 0 spiro atoms. The molecule has 0 radical (unpaired) electrons. The standard InChI is InChI=1S/C22H32N2O6/c1-5-22(18(25)26)12-11-16(17(13-22)24-20(28)30-21(2,3)4)23-19(27)29-14-15-9-7-6-8-10-15/h6-10,16-17H,5,11-14H2,1-4H3,(H,23,27)(H,24,28)(H,25,26)/t16-,17+,22-/m0/s1. The van der Waals surface area contributed by atoms with Gasteiger partial charge in [-0.25, -0.2) is 9.59 Å². The van der Waals surface area contributed by atoms with Crippen LogP contribution < -0.4 is 10.6 Å². The number of nitrogens with one attached hydrogen (secondary N) is 2. The first-order valence-corrected chi connectivity index (χ1v) is 10.2. The third kappa shape index (κ3) is 6.64. The number of benzene rings is 1. The molecule has 1 aliphatic carbocycles. The van der Waals surface area contributed by atoms with Crippen molar-refractivity contribution in [1.82, 2.24) is 10.6 Å². The Morgan fingerprint density at radius 2 is 1.73 bits per heavy atom. The highest BCUT2D eigenvalue weighted by molar-refractivity contribution is 5.75. The van der Waals surface area contributed by atoms with Crippen LogP contribution in [-0.2, 0) is 20.9 Å². The lowest BCUT2D eigenvalue weighted by Crippen LogP contribution is -2.58. The second kappa shape index (κ2) is 9.82. The van der Waals surface area contributed by atoms with Crippen molar-refractivity contribution < 1.29 is 29.0 Å². The second-order valence-electron chi connectivity index (χ2n) is 8.75. The fourth-order valence-electron chi connectivity index (χ4n) is 3.66. The van der Waals surface area contributed by atoms with E-state index in [9.17, 15) is 19.5 Å². The highest BCUT2D eigenvalue weighted by Gasteiger charge is 2.46. The van der Waals surface area contributed by atoms with Gasteiger partial charge >= 0.3 is 18.2 Å². The Hall–Kier alpha value is -2.77. The fraction of sp³-hybridized carbons (Fsp3) is 0.591. The number of hydrogen-bond acceptors (Lipinski definition) is 5. The van der Waals surface area contributed by atoms with Crippen molar-refractivity contribution in [2.24, 2.45) is 5.41 Å². The van der Waals surface area contributed by atoms with E-state index < -0.39 is 41.3 Å². The average Bonchev–Trinajstić information content (AvgIpc) is 2.67. The summed E-state index contributed by atoms with van der Waals surface area (Å²) in [6, 6.07) is 8.24. The quantitative estimate of drug-likeness (QED) is 0.644. The van der Waals surface area contributed by atoms with E-state index in [0.29, 0.717) is 19.3 Å². The number of rotatable bonds is 6. The van der Waals surface area contributed by atoms with Gasteiger partial charge in [0.15, 0.2) is 0 Å². The molecular formula is C22H32N2O6. The summed E-state index contributed by atoms with van der Waals surface area (Å²) in [4.78, 5) is 36.5. The molecule has 166 valence electrons. The first-order chi connectivity index (χ1) is 14.0. The predicted octanol–water partition coefficient (Wildman–Crippen LogP) is 3.84. The first kappa shape index (κ1) is 23.5. The maximum absolute atomic E-state index is 12.3. The molecule has 1 aromatic carbocycles. The summed E-state index contributed by atoms with van der Waals surface area (Å²) in [7, 11) is 0. The Morgan fingerprint density at radius 1 is 1.10 bits per heavy atom. The molecule has 1 saturated carbocycles. The molecule has 8 heteroatoms. The van der Waals surface area contributed by atoms with E-state index in [0.717, 1.165) is 5.56 Å². The number of ether oxygens (including phenoxy) is 2. The molecular weight excluding hydrogens is 388 g/mol. The van der Waals surface area contributed by atoms with Crippen LogP contribution in [0.25, 0.3) is 0 Å². The number of aliphatic carboxylic acids is 1. The van der Waals surface area contributed by atoms with Gasteiger partial charge in [-0.1, -0.05) is 37.3 Å². The third-order valence-electron chi connectivity index (χ3n) is 5.38. The van der Waals surface area contributed by atoms with Crippen molar-refractivity contribution in [1.29, 1.82) is 0 Å². The zero-order valence-corrected chi connectivity index (χ0v) is 18.1. The van der Waals surface area contributed by atoms with Gasteiger partial charge in [0.2, 0.25) is 0 Å². The maximum Gasteiger partial charge on any atom is 0.407 e. The van der Waals surface area contributed by atoms with Crippen molar-refractivity contribution in [3.8, 4) is 0 Å². The summed E-state index contributed by atoms with van der Waals surface area (Å²) in [5.74, 6) is -0.897. The topological polar surface area (TPSA) is 114 Å². The van der Waals surface area contributed by atoms with Gasteiger partial charge in [0.25, 0.3) is 0 Å². The van der Waals surface area contributed by atoms with Gasteiger partial charge in [-0.05, 0) is 52.0 Å². The fourth-order valence-corrected chi connectivity index (χ4v) is 3.66. The molecule has 0 aliphatic heterocycles. The lowest BCUT2D eigenvalue weighted by Gasteiger charge is -2.42. The summed E-state index contributed by atoms with van der Waals surface area (Å²) in [6.45, 7) is 7.19. The Morgan fingerprint density at radius 3 is 2.30 bits per heavy atom. The van der Waals surface area contributed by atoms with Gasteiger partial charge < -0.3 is 25.2 Å². The average molecular weight is 421 g/mol. The van der Waals surface area contributed by atoms with E-state index in [4.69, 9.17) is 9.47 Å². The van der Waals surface area contributed by atoms with Crippen LogP contribution in [0, 0.1) is 5.41 Å². The molecule has 3 atom stereocenters. The zero-order valence-electron chi connectivity index (χ0n) is 18.1. The number of carbonyl (C=O) groups excluding carboxylic acids is 2. The molecule has 0 bridgehead atoms. The molecule has 3 N–H and O–H groups in total. The van der Waals surface area contributed by atoms with E-state index >= 15 is 0 Å². The lowest BCUT2D eigenvalue weighted by molar-refractivity contribution is -0.152. The number of carboxylic acids is 1. The summed E-state index contributed by atoms with van der Waals surface area (Å²) in [6.07, 6.45) is 0.172. The van der Waals surface area contributed by atoms with Crippen LogP contribution in [0.4, 0.5) is 9.59 Å². The summed E-state index contributed by atoms with van der Waals surface area (Å²) >= 11 is 0. The molecule has 0 heterocycles. The minimum Gasteiger partial charge on any atom is -0.481 e. The molecule has 2 rings (SSSR count). The normalized spacial score (nSPS) is 23.9. The lowest BCUT2D eigenvalue weighted by atomic mass is 9.68. The minimum absolute atomic E-state index is 0.123. The summed E-state index contributed by atoms with van der Waals surface area (Å²) < 4.78 is 10.6. The van der Waals surface area contributed by atoms with E-state index in [2.05, 4.69) is 10.6 Å². The van der Waals surface area contributed by atoms with Gasteiger partial charge in [0.05, 0.1) is 17.5 Å². The molecule has 8 nitrogen and oxygen atoms in total. The SMILES string of the molecule is CC[C@]1(C(=O)O)CC[C@H](NC(=O)OCc2ccccc2)[C@H](NC(=O)OC(C)(C)C)C1. The molecule has 2 amide bonds. The van der Waals surface area contributed by atoms with E-state index in [1.165, 1.54) is 0 Å². The second-order valence-corrected chi connectivity index (χ2v) is 8.75. The highest BCUT2D eigenvalue weighted by Crippen LogP contribution is 2.40. The van der Waals surface area contributed by atoms with Crippen LogP contribution in [0.2, 0.25) is 0 Å². The van der Waals surface area contributed by atoms with Crippen LogP contribution in [0.3, 0.4) is 0 Å². The van der Waals surface area contributed by atoms with Crippen LogP contribution in [0.5, 0.6) is 0 Å². The largest absolute Gasteiger partial charge is 0.481 e. The molecule has 1 aromatic rings. The molecule has 30 heavy (non-hydrogen) atoms. The number of carboxylic acid groups (broad SMARTS) is 1. The zero-order chi connectivity index (χ0) is 22.4. The van der Waals surface area contributed by atoms with Crippen molar-refractivity contribution in [3.05, 3.63) is 35.9 Å². The Kier molecular flexibility index (Phi) is 7.70. The third-order valence-corrected chi connectivity index (χ3v) is 5.38. The molecule has 0 aromatic heterocycles. The van der Waals surface area contributed by atoms with Crippen molar-refractivity contribution >= 4 is 18.2 Å². The van der Waals surface area contributed by atoms with Crippen LogP contribution in [-0.4, -0.2) is 40.9 Å². The number of alkyl carbamates (subject to hydrolysis) is 2. The molecule has 1 fully saturated rings. The van der Waals surface area contributed by atoms with Crippen molar-refractivity contribution in [3.63, 3.8) is 0 Å². The Bertz CT molecular complexity index is 746. The predicted molar refractivity (Wildman–Crippen MR) is 111 cm³/mol. The molecule has 0 unspecified atom stereocenters. The van der Waals surface area contributed by atoms with Gasteiger partial charge in [0, 0.05) is 0 Å². The highest BCUT2D eigenvalue weighted by atomic mass is 16.6. The van der Waals surface area contributed by atoms with Crippen LogP contribution >= 0.6 is 0 Å². The maximum atomic E-state index is 12.3. The summed E-state index contributed by atoms with van der Waals surface area (Å²) in [5.41, 5.74) is -0.785. The molecule has 1 aliphatic rings. The van der Waals surface area contributed by atoms with Gasteiger partial charge in [-0.3, -0.25) is 4.79 Å². The van der Waals surface area contributed by atoms with Crippen molar-refractivity contribution in [2.45, 2.75) is 77.7 Å². The van der Waals surface area contributed by atoms with Crippen LogP contribution in [0.15, 0.2) is 30.3 Å². The Balaban J connectivity index is 2.05. The van der Waals surface area contributed by atoms with Gasteiger partial charge in [0.1, 0.15) is 12.2 Å². The summed E-state index contributed by atoms with van der Waals surface area (Å²) in [5, 5.41) is 15.3. The smallest absolute Gasteiger partial charge is 0.407 e.